The van der Waals surface area contributed by atoms with Crippen LogP contribution in [0.3, 0.4) is 0 Å². The highest BCUT2D eigenvalue weighted by Gasteiger charge is 2.25. The predicted octanol–water partition coefficient (Wildman–Crippen LogP) is 3.03. The number of nitrogens with one attached hydrogen (secondary N) is 1. The van der Waals surface area contributed by atoms with Crippen LogP contribution >= 0.6 is 0 Å². The van der Waals surface area contributed by atoms with Gasteiger partial charge in [-0.3, -0.25) is 4.79 Å². The number of hydrogen-bond donors (Lipinski definition) is 2. The molecule has 24 heavy (non-hydrogen) atoms. The van der Waals surface area contributed by atoms with Gasteiger partial charge in [-0.25, -0.2) is 4.79 Å². The van der Waals surface area contributed by atoms with Crippen LogP contribution < -0.4 is 5.32 Å². The lowest BCUT2D eigenvalue weighted by molar-refractivity contribution is 0.000904. The van der Waals surface area contributed by atoms with Crippen LogP contribution in [-0.2, 0) is 4.74 Å². The van der Waals surface area contributed by atoms with E-state index in [-0.39, 0.29) is 23.6 Å². The lowest BCUT2D eigenvalue weighted by atomic mass is 9.97. The number of hydrogen-bond acceptors (Lipinski definition) is 3. The van der Waals surface area contributed by atoms with Gasteiger partial charge in [0.2, 0.25) is 0 Å². The summed E-state index contributed by atoms with van der Waals surface area (Å²) < 4.78 is 5.80. The molecule has 0 radical (unpaired) electrons. The molecule has 0 bridgehead atoms. The minimum atomic E-state index is -1.04. The fourth-order valence-electron chi connectivity index (χ4n) is 2.89. The molecule has 1 amide bonds. The average molecular weight is 325 g/mol. The zero-order valence-corrected chi connectivity index (χ0v) is 13.1. The molecule has 2 aromatic carbocycles. The number of rotatable bonds is 4. The summed E-state index contributed by atoms with van der Waals surface area (Å²) >= 11 is 0. The summed E-state index contributed by atoms with van der Waals surface area (Å²) in [5.41, 5.74) is 1.57. The van der Waals surface area contributed by atoms with Gasteiger partial charge in [0.05, 0.1) is 11.7 Å². The second-order valence-corrected chi connectivity index (χ2v) is 5.85. The van der Waals surface area contributed by atoms with Crippen molar-refractivity contribution >= 4 is 11.9 Å². The average Bonchev–Trinajstić information content (AvgIpc) is 2.63. The van der Waals surface area contributed by atoms with Crippen LogP contribution in [-0.4, -0.2) is 29.6 Å². The first kappa shape index (κ1) is 16.2. The van der Waals surface area contributed by atoms with Gasteiger partial charge in [0.25, 0.3) is 5.91 Å². The Labute approximate surface area is 140 Å². The van der Waals surface area contributed by atoms with Crippen molar-refractivity contribution in [2.45, 2.75) is 25.0 Å². The van der Waals surface area contributed by atoms with Crippen LogP contribution in [0.15, 0.2) is 54.6 Å². The number of ether oxygens (including phenoxy) is 1. The largest absolute Gasteiger partial charge is 0.478 e. The number of carboxylic acid groups (broad SMARTS) is 1. The summed E-state index contributed by atoms with van der Waals surface area (Å²) in [4.78, 5) is 23.4. The molecule has 1 heterocycles. The SMILES string of the molecule is O=C(O)c1cccc(C(=O)N[C@H]2CCO[C@H](c3ccccc3)C2)c1. The van der Waals surface area contributed by atoms with Gasteiger partial charge in [-0.1, -0.05) is 36.4 Å². The number of benzene rings is 2. The molecule has 2 aromatic rings. The Kier molecular flexibility index (Phi) is 4.91. The van der Waals surface area contributed by atoms with E-state index < -0.39 is 5.97 Å². The first-order valence-electron chi connectivity index (χ1n) is 7.94. The topological polar surface area (TPSA) is 75.6 Å². The summed E-state index contributed by atoms with van der Waals surface area (Å²) in [5.74, 6) is -1.29. The van der Waals surface area contributed by atoms with Gasteiger partial charge < -0.3 is 15.2 Å². The molecule has 2 N–H and O–H groups in total. The van der Waals surface area contributed by atoms with Gasteiger partial charge in [0.15, 0.2) is 0 Å². The zero-order chi connectivity index (χ0) is 16.9. The first-order valence-corrected chi connectivity index (χ1v) is 7.94. The standard InChI is InChI=1S/C19H19NO4/c21-18(14-7-4-8-15(11-14)19(22)23)20-16-9-10-24-17(12-16)13-5-2-1-3-6-13/h1-8,11,16-17H,9-10,12H2,(H,20,21)(H,22,23)/t16-,17-/m0/s1. The van der Waals surface area contributed by atoms with E-state index >= 15 is 0 Å². The molecule has 5 nitrogen and oxygen atoms in total. The number of amides is 1. The molecule has 2 atom stereocenters. The molecule has 5 heteroatoms. The molecule has 1 saturated heterocycles. The van der Waals surface area contributed by atoms with E-state index in [0.29, 0.717) is 18.6 Å². The number of carbonyl (C=O) groups excluding carboxylic acids is 1. The molecule has 3 rings (SSSR count). The third kappa shape index (κ3) is 3.81. The summed E-state index contributed by atoms with van der Waals surface area (Å²) in [7, 11) is 0. The van der Waals surface area contributed by atoms with Gasteiger partial charge in [0.1, 0.15) is 0 Å². The van der Waals surface area contributed by atoms with Gasteiger partial charge in [-0.15, -0.1) is 0 Å². The Balaban J connectivity index is 1.66. The maximum atomic E-state index is 12.4. The lowest BCUT2D eigenvalue weighted by Crippen LogP contribution is -2.39. The van der Waals surface area contributed by atoms with E-state index in [1.807, 2.05) is 30.3 Å². The maximum absolute atomic E-state index is 12.4. The van der Waals surface area contributed by atoms with E-state index in [1.54, 1.807) is 12.1 Å². The molecule has 0 spiro atoms. The van der Waals surface area contributed by atoms with Gasteiger partial charge in [-0.05, 0) is 36.6 Å². The van der Waals surface area contributed by atoms with Crippen LogP contribution in [0.2, 0.25) is 0 Å². The molecule has 0 aromatic heterocycles. The van der Waals surface area contributed by atoms with Crippen molar-refractivity contribution in [3.8, 4) is 0 Å². The van der Waals surface area contributed by atoms with Crippen LogP contribution in [0.5, 0.6) is 0 Å². The number of aromatic carboxylic acids is 1. The van der Waals surface area contributed by atoms with Crippen LogP contribution in [0.4, 0.5) is 0 Å². The van der Waals surface area contributed by atoms with Crippen molar-refractivity contribution in [3.05, 3.63) is 71.3 Å². The zero-order valence-electron chi connectivity index (χ0n) is 13.1. The third-order valence-corrected chi connectivity index (χ3v) is 4.16. The molecule has 0 unspecified atom stereocenters. The monoisotopic (exact) mass is 325 g/mol. The molecule has 0 aliphatic carbocycles. The third-order valence-electron chi connectivity index (χ3n) is 4.16. The summed E-state index contributed by atoms with van der Waals surface area (Å²) in [6.07, 6.45) is 1.41. The molecule has 1 aliphatic heterocycles. The molecule has 1 aliphatic rings. The Morgan fingerprint density at radius 3 is 2.54 bits per heavy atom. The highest BCUT2D eigenvalue weighted by Crippen LogP contribution is 2.28. The molecular formula is C19H19NO4. The predicted molar refractivity (Wildman–Crippen MR) is 89.0 cm³/mol. The Morgan fingerprint density at radius 1 is 1.04 bits per heavy atom. The van der Waals surface area contributed by atoms with Crippen molar-refractivity contribution in [2.75, 3.05) is 6.61 Å². The van der Waals surface area contributed by atoms with Crippen LogP contribution in [0.25, 0.3) is 0 Å². The Morgan fingerprint density at radius 2 is 1.79 bits per heavy atom. The fraction of sp³-hybridized carbons (Fsp3) is 0.263. The van der Waals surface area contributed by atoms with Gasteiger partial charge in [0, 0.05) is 18.2 Å². The Hall–Kier alpha value is -2.66. The fourth-order valence-corrected chi connectivity index (χ4v) is 2.89. The highest BCUT2D eigenvalue weighted by atomic mass is 16.5. The van der Waals surface area contributed by atoms with Crippen molar-refractivity contribution < 1.29 is 19.4 Å². The van der Waals surface area contributed by atoms with Crippen LogP contribution in [0.1, 0.15) is 45.2 Å². The van der Waals surface area contributed by atoms with Crippen LogP contribution in [0, 0.1) is 0 Å². The summed E-state index contributed by atoms with van der Waals surface area (Å²) in [6.45, 7) is 0.583. The smallest absolute Gasteiger partial charge is 0.335 e. The van der Waals surface area contributed by atoms with E-state index in [2.05, 4.69) is 5.32 Å². The quantitative estimate of drug-likeness (QED) is 0.906. The summed E-state index contributed by atoms with van der Waals surface area (Å²) in [6, 6.07) is 16.0. The van der Waals surface area contributed by atoms with Gasteiger partial charge >= 0.3 is 5.97 Å². The van der Waals surface area contributed by atoms with E-state index in [4.69, 9.17) is 9.84 Å². The van der Waals surface area contributed by atoms with E-state index in [0.717, 1.165) is 12.0 Å². The van der Waals surface area contributed by atoms with Crippen molar-refractivity contribution in [1.29, 1.82) is 0 Å². The molecule has 124 valence electrons. The van der Waals surface area contributed by atoms with Crippen molar-refractivity contribution in [1.82, 2.24) is 5.32 Å². The highest BCUT2D eigenvalue weighted by molar-refractivity contribution is 5.97. The second kappa shape index (κ2) is 7.27. The van der Waals surface area contributed by atoms with Crippen molar-refractivity contribution in [3.63, 3.8) is 0 Å². The maximum Gasteiger partial charge on any atom is 0.335 e. The minimum absolute atomic E-state index is 0.00457. The Bertz CT molecular complexity index is 729. The molecular weight excluding hydrogens is 306 g/mol. The van der Waals surface area contributed by atoms with Crippen molar-refractivity contribution in [2.24, 2.45) is 0 Å². The lowest BCUT2D eigenvalue weighted by Gasteiger charge is -2.30. The van der Waals surface area contributed by atoms with Gasteiger partial charge in [-0.2, -0.15) is 0 Å². The van der Waals surface area contributed by atoms with E-state index in [1.165, 1.54) is 12.1 Å². The minimum Gasteiger partial charge on any atom is -0.478 e. The first-order chi connectivity index (χ1) is 11.6. The molecule has 0 saturated carbocycles. The normalized spacial score (nSPS) is 20.3. The number of carboxylic acids is 1. The van der Waals surface area contributed by atoms with E-state index in [9.17, 15) is 9.59 Å². The molecule has 1 fully saturated rings. The second-order valence-electron chi connectivity index (χ2n) is 5.85. The summed E-state index contributed by atoms with van der Waals surface area (Å²) in [5, 5.41) is 12.0. The number of carbonyl (C=O) groups is 2.